The quantitative estimate of drug-likeness (QED) is 0.885. The molecule has 98 valence electrons. The van der Waals surface area contributed by atoms with Crippen LogP contribution < -0.4 is 5.32 Å². The van der Waals surface area contributed by atoms with Gasteiger partial charge in [0.1, 0.15) is 0 Å². The summed E-state index contributed by atoms with van der Waals surface area (Å²) in [5, 5.41) is 11.5. The number of carbonyl (C=O) groups is 1. The highest BCUT2D eigenvalue weighted by molar-refractivity contribution is 9.10. The molecule has 0 bridgehead atoms. The lowest BCUT2D eigenvalue weighted by Crippen LogP contribution is -2.09. The molecule has 5 nitrogen and oxygen atoms in total. The fourth-order valence-electron chi connectivity index (χ4n) is 1.54. The van der Waals surface area contributed by atoms with Crippen LogP contribution >= 0.6 is 15.9 Å². The van der Waals surface area contributed by atoms with Crippen molar-refractivity contribution < 1.29 is 9.90 Å². The van der Waals surface area contributed by atoms with Crippen molar-refractivity contribution in [1.82, 2.24) is 9.97 Å². The number of hydrogen-bond donors (Lipinski definition) is 2. The molecule has 1 heterocycles. The Morgan fingerprint density at radius 3 is 2.84 bits per heavy atom. The Balaban J connectivity index is 2.15. The largest absolute Gasteiger partial charge is 0.481 e. The normalized spacial score (nSPS) is 10.2. The van der Waals surface area contributed by atoms with Crippen molar-refractivity contribution in [2.45, 2.75) is 6.42 Å². The number of rotatable bonds is 5. The van der Waals surface area contributed by atoms with Crippen LogP contribution in [0.15, 0.2) is 41.0 Å². The molecule has 6 heteroatoms. The van der Waals surface area contributed by atoms with Crippen LogP contribution in [0.3, 0.4) is 0 Å². The first kappa shape index (κ1) is 13.5. The zero-order chi connectivity index (χ0) is 13.7. The molecular weight excluding hydrogens is 310 g/mol. The van der Waals surface area contributed by atoms with Crippen LogP contribution in [0.5, 0.6) is 0 Å². The predicted octanol–water partition coefficient (Wildman–Crippen LogP) is 2.79. The average molecular weight is 322 g/mol. The highest BCUT2D eigenvalue weighted by Gasteiger charge is 2.05. The van der Waals surface area contributed by atoms with Crippen molar-refractivity contribution in [3.63, 3.8) is 0 Å². The van der Waals surface area contributed by atoms with Crippen molar-refractivity contribution in [2.75, 3.05) is 11.9 Å². The number of aromatic nitrogens is 2. The highest BCUT2D eigenvalue weighted by Crippen LogP contribution is 2.26. The van der Waals surface area contributed by atoms with Crippen LogP contribution in [-0.2, 0) is 4.79 Å². The first-order valence-electron chi connectivity index (χ1n) is 5.70. The van der Waals surface area contributed by atoms with E-state index in [0.29, 0.717) is 12.5 Å². The van der Waals surface area contributed by atoms with Gasteiger partial charge in [-0.3, -0.25) is 4.79 Å². The van der Waals surface area contributed by atoms with E-state index in [0.717, 1.165) is 15.7 Å². The molecule has 0 saturated carbocycles. The van der Waals surface area contributed by atoms with Gasteiger partial charge >= 0.3 is 5.97 Å². The molecule has 2 aromatic rings. The fraction of sp³-hybridized carbons (Fsp3) is 0.154. The summed E-state index contributed by atoms with van der Waals surface area (Å²) in [7, 11) is 0. The summed E-state index contributed by atoms with van der Waals surface area (Å²) in [6, 6.07) is 9.56. The first-order valence-corrected chi connectivity index (χ1v) is 6.50. The van der Waals surface area contributed by atoms with Crippen LogP contribution in [0.4, 0.5) is 5.95 Å². The van der Waals surface area contributed by atoms with E-state index >= 15 is 0 Å². The monoisotopic (exact) mass is 321 g/mol. The maximum atomic E-state index is 10.4. The molecule has 1 aromatic carbocycles. The van der Waals surface area contributed by atoms with Crippen LogP contribution in [-0.4, -0.2) is 27.6 Å². The fourth-order valence-corrected chi connectivity index (χ4v) is 2.03. The Hall–Kier alpha value is -1.95. The highest BCUT2D eigenvalue weighted by atomic mass is 79.9. The lowest BCUT2D eigenvalue weighted by atomic mass is 10.1. The molecule has 2 N–H and O–H groups in total. The van der Waals surface area contributed by atoms with Gasteiger partial charge in [0.15, 0.2) is 0 Å². The number of nitrogens with zero attached hydrogens (tertiary/aromatic N) is 2. The van der Waals surface area contributed by atoms with Gasteiger partial charge in [-0.2, -0.15) is 0 Å². The van der Waals surface area contributed by atoms with E-state index in [4.69, 9.17) is 5.11 Å². The molecule has 2 rings (SSSR count). The number of benzene rings is 1. The van der Waals surface area contributed by atoms with Crippen molar-refractivity contribution in [3.05, 3.63) is 41.0 Å². The van der Waals surface area contributed by atoms with Gasteiger partial charge in [0.2, 0.25) is 5.95 Å². The molecule has 0 fully saturated rings. The number of carboxylic acid groups (broad SMARTS) is 1. The summed E-state index contributed by atoms with van der Waals surface area (Å²) in [4.78, 5) is 18.9. The van der Waals surface area contributed by atoms with E-state index in [1.807, 2.05) is 30.3 Å². The lowest BCUT2D eigenvalue weighted by molar-refractivity contribution is -0.136. The molecule has 0 saturated heterocycles. The second-order valence-electron chi connectivity index (χ2n) is 3.82. The summed E-state index contributed by atoms with van der Waals surface area (Å²) in [6.07, 6.45) is 1.67. The van der Waals surface area contributed by atoms with E-state index in [-0.39, 0.29) is 6.42 Å². The van der Waals surface area contributed by atoms with Gasteiger partial charge < -0.3 is 10.4 Å². The number of anilines is 1. The first-order chi connectivity index (χ1) is 9.16. The molecular formula is C13H12BrN3O2. The third-order valence-electron chi connectivity index (χ3n) is 2.43. The third kappa shape index (κ3) is 3.75. The molecule has 0 aliphatic rings. The van der Waals surface area contributed by atoms with E-state index in [1.54, 1.807) is 6.20 Å². The minimum absolute atomic E-state index is 0.0304. The second-order valence-corrected chi connectivity index (χ2v) is 4.67. The van der Waals surface area contributed by atoms with Crippen molar-refractivity contribution in [1.29, 1.82) is 0 Å². The maximum Gasteiger partial charge on any atom is 0.305 e. The van der Waals surface area contributed by atoms with E-state index < -0.39 is 5.97 Å². The van der Waals surface area contributed by atoms with Gasteiger partial charge in [0, 0.05) is 22.8 Å². The minimum Gasteiger partial charge on any atom is -0.481 e. The number of nitrogens with one attached hydrogen (secondary N) is 1. The van der Waals surface area contributed by atoms with Gasteiger partial charge in [0.05, 0.1) is 12.1 Å². The molecule has 0 amide bonds. The molecule has 0 atom stereocenters. The number of halogens is 1. The lowest BCUT2D eigenvalue weighted by Gasteiger charge is -2.06. The third-order valence-corrected chi connectivity index (χ3v) is 3.12. The molecule has 1 aromatic heterocycles. The van der Waals surface area contributed by atoms with Crippen molar-refractivity contribution in [3.8, 4) is 11.3 Å². The van der Waals surface area contributed by atoms with Crippen LogP contribution in [0.25, 0.3) is 11.3 Å². The molecule has 0 aliphatic carbocycles. The summed E-state index contributed by atoms with van der Waals surface area (Å²) < 4.78 is 0.949. The molecule has 0 spiro atoms. The zero-order valence-corrected chi connectivity index (χ0v) is 11.6. The van der Waals surface area contributed by atoms with Gasteiger partial charge in [-0.25, -0.2) is 9.97 Å². The average Bonchev–Trinajstić information content (AvgIpc) is 2.39. The molecule has 0 radical (unpaired) electrons. The summed E-state index contributed by atoms with van der Waals surface area (Å²) in [5.41, 5.74) is 1.74. The molecule has 0 unspecified atom stereocenters. The molecule has 0 aliphatic heterocycles. The Kier molecular flexibility index (Phi) is 4.46. The second kappa shape index (κ2) is 6.29. The van der Waals surface area contributed by atoms with Crippen LogP contribution in [0.2, 0.25) is 0 Å². The summed E-state index contributed by atoms with van der Waals surface area (Å²) in [5.74, 6) is -0.427. The van der Waals surface area contributed by atoms with Crippen molar-refractivity contribution >= 4 is 27.8 Å². The van der Waals surface area contributed by atoms with Gasteiger partial charge in [0.25, 0.3) is 0 Å². The zero-order valence-electron chi connectivity index (χ0n) is 10.0. The van der Waals surface area contributed by atoms with Gasteiger partial charge in [-0.05, 0) is 12.1 Å². The maximum absolute atomic E-state index is 10.4. The summed E-state index contributed by atoms with van der Waals surface area (Å²) in [6.45, 7) is 0.300. The minimum atomic E-state index is -0.852. The topological polar surface area (TPSA) is 75.1 Å². The smallest absolute Gasteiger partial charge is 0.305 e. The number of carboxylic acids is 1. The van der Waals surface area contributed by atoms with Crippen LogP contribution in [0, 0.1) is 0 Å². The standard InChI is InChI=1S/C13H12BrN3O2/c14-10-4-2-1-3-9(10)11-5-7-15-13(17-11)16-8-6-12(18)19/h1-5,7H,6,8H2,(H,18,19)(H,15,16,17). The Morgan fingerprint density at radius 1 is 1.32 bits per heavy atom. The van der Waals surface area contributed by atoms with Gasteiger partial charge in [-0.1, -0.05) is 34.1 Å². The van der Waals surface area contributed by atoms with Crippen LogP contribution in [0.1, 0.15) is 6.42 Å². The van der Waals surface area contributed by atoms with Gasteiger partial charge in [-0.15, -0.1) is 0 Å². The molecule has 19 heavy (non-hydrogen) atoms. The van der Waals surface area contributed by atoms with E-state index in [1.165, 1.54) is 0 Å². The SMILES string of the molecule is O=C(O)CCNc1nccc(-c2ccccc2Br)n1. The number of hydrogen-bond acceptors (Lipinski definition) is 4. The Labute approximate surface area is 118 Å². The number of aliphatic carboxylic acids is 1. The Bertz CT molecular complexity index is 590. The predicted molar refractivity (Wildman–Crippen MR) is 75.9 cm³/mol. The summed E-state index contributed by atoms with van der Waals surface area (Å²) >= 11 is 3.47. The van der Waals surface area contributed by atoms with E-state index in [9.17, 15) is 4.79 Å². The Morgan fingerprint density at radius 2 is 2.11 bits per heavy atom. The van der Waals surface area contributed by atoms with Crippen molar-refractivity contribution in [2.24, 2.45) is 0 Å². The van der Waals surface area contributed by atoms with E-state index in [2.05, 4.69) is 31.2 Å².